The third kappa shape index (κ3) is 5.45. The maximum absolute atomic E-state index is 13.4. The summed E-state index contributed by atoms with van der Waals surface area (Å²) < 4.78 is 5.15. The fraction of sp³-hybridized carbons (Fsp3) is 0.423. The minimum atomic E-state index is -0.165. The number of halogens is 1. The monoisotopic (exact) mass is 467 g/mol. The predicted molar refractivity (Wildman–Crippen MR) is 129 cm³/mol. The third-order valence-corrected chi connectivity index (χ3v) is 6.71. The molecular formula is C26H30ClN3O3. The second-order valence-corrected chi connectivity index (χ2v) is 9.11. The molecule has 0 radical (unpaired) electrons. The molecule has 7 heteroatoms. The lowest BCUT2D eigenvalue weighted by Crippen LogP contribution is -2.43. The van der Waals surface area contributed by atoms with E-state index < -0.39 is 0 Å². The van der Waals surface area contributed by atoms with Crippen molar-refractivity contribution in [3.05, 3.63) is 70.2 Å². The van der Waals surface area contributed by atoms with E-state index >= 15 is 0 Å². The van der Waals surface area contributed by atoms with Gasteiger partial charge in [0.25, 0.3) is 5.91 Å². The average Bonchev–Trinajstić information content (AvgIpc) is 3.26. The Hall–Kier alpha value is -2.70. The molecule has 2 aliphatic rings. The van der Waals surface area contributed by atoms with E-state index in [4.69, 9.17) is 21.4 Å². The molecule has 0 bridgehead atoms. The van der Waals surface area contributed by atoms with Crippen molar-refractivity contribution in [2.24, 2.45) is 11.0 Å². The van der Waals surface area contributed by atoms with Gasteiger partial charge in [-0.2, -0.15) is 5.10 Å². The van der Waals surface area contributed by atoms with E-state index in [0.29, 0.717) is 44.0 Å². The lowest BCUT2D eigenvalue weighted by atomic mass is 9.96. The molecule has 2 aliphatic heterocycles. The van der Waals surface area contributed by atoms with Crippen LogP contribution in [0, 0.1) is 12.8 Å². The summed E-state index contributed by atoms with van der Waals surface area (Å²) in [5.41, 5.74) is 3.91. The Bertz CT molecular complexity index is 1030. The Labute approximate surface area is 200 Å². The zero-order chi connectivity index (χ0) is 23.4. The minimum absolute atomic E-state index is 0.0442. The van der Waals surface area contributed by atoms with Crippen LogP contribution in [0.4, 0.5) is 0 Å². The number of piperidine rings is 1. The number of aryl methyl sites for hydroxylation is 1. The fourth-order valence-electron chi connectivity index (χ4n) is 4.50. The zero-order valence-electron chi connectivity index (χ0n) is 19.2. The number of esters is 1. The lowest BCUT2D eigenvalue weighted by Gasteiger charge is -2.32. The van der Waals surface area contributed by atoms with Gasteiger partial charge in [0.05, 0.1) is 30.8 Å². The van der Waals surface area contributed by atoms with E-state index in [1.165, 1.54) is 5.56 Å². The molecule has 0 saturated carbocycles. The van der Waals surface area contributed by atoms with Crippen LogP contribution in [0.25, 0.3) is 0 Å². The highest BCUT2D eigenvalue weighted by Crippen LogP contribution is 2.34. The van der Waals surface area contributed by atoms with E-state index in [-0.39, 0.29) is 30.4 Å². The highest BCUT2D eigenvalue weighted by Gasteiger charge is 2.35. The molecule has 1 saturated heterocycles. The predicted octanol–water partition coefficient (Wildman–Crippen LogP) is 4.60. The number of amides is 1. The number of likely N-dealkylation sites (tertiary alicyclic amines) is 1. The minimum Gasteiger partial charge on any atom is -0.466 e. The molecule has 0 N–H and O–H groups in total. The first-order valence-electron chi connectivity index (χ1n) is 11.6. The van der Waals surface area contributed by atoms with Gasteiger partial charge in [-0.15, -0.1) is 0 Å². The number of hydrogen-bond donors (Lipinski definition) is 0. The Kier molecular flexibility index (Phi) is 7.46. The number of rotatable bonds is 6. The first-order chi connectivity index (χ1) is 16.0. The van der Waals surface area contributed by atoms with E-state index in [1.54, 1.807) is 5.01 Å². The molecular weight excluding hydrogens is 438 g/mol. The van der Waals surface area contributed by atoms with E-state index in [2.05, 4.69) is 29.2 Å². The molecule has 0 aliphatic carbocycles. The van der Waals surface area contributed by atoms with E-state index in [9.17, 15) is 9.59 Å². The topological polar surface area (TPSA) is 62.2 Å². The van der Waals surface area contributed by atoms with Gasteiger partial charge in [0.15, 0.2) is 0 Å². The van der Waals surface area contributed by atoms with Crippen molar-refractivity contribution >= 4 is 29.2 Å². The highest BCUT2D eigenvalue weighted by atomic mass is 35.5. The fourth-order valence-corrected chi connectivity index (χ4v) is 4.74. The maximum atomic E-state index is 13.4. The van der Waals surface area contributed by atoms with Crippen molar-refractivity contribution in [1.82, 2.24) is 9.91 Å². The Morgan fingerprint density at radius 2 is 1.79 bits per heavy atom. The van der Waals surface area contributed by atoms with Crippen molar-refractivity contribution in [3.8, 4) is 0 Å². The van der Waals surface area contributed by atoms with Gasteiger partial charge in [0, 0.05) is 17.0 Å². The van der Waals surface area contributed by atoms with Crippen LogP contribution in [0.3, 0.4) is 0 Å². The Morgan fingerprint density at radius 1 is 1.09 bits per heavy atom. The first kappa shape index (κ1) is 23.5. The van der Waals surface area contributed by atoms with Crippen LogP contribution < -0.4 is 0 Å². The van der Waals surface area contributed by atoms with Crippen LogP contribution in [0.5, 0.6) is 0 Å². The average molecular weight is 468 g/mol. The van der Waals surface area contributed by atoms with Crippen LogP contribution in [0.15, 0.2) is 53.6 Å². The summed E-state index contributed by atoms with van der Waals surface area (Å²) in [6, 6.07) is 15.7. The molecule has 6 nitrogen and oxygen atoms in total. The number of ether oxygens (including phenoxy) is 1. The largest absolute Gasteiger partial charge is 0.466 e. The van der Waals surface area contributed by atoms with Crippen molar-refractivity contribution in [1.29, 1.82) is 0 Å². The van der Waals surface area contributed by atoms with Crippen LogP contribution in [-0.2, 0) is 14.3 Å². The SMILES string of the molecule is CCOC(=O)C1CCN(CC(=O)N2N=C(c3ccccc3Cl)C[C@@H]2c2ccc(C)cc2)CC1. The molecule has 0 spiro atoms. The number of nitrogens with zero attached hydrogens (tertiary/aromatic N) is 3. The van der Waals surface area contributed by atoms with Gasteiger partial charge in [0.1, 0.15) is 0 Å². The second-order valence-electron chi connectivity index (χ2n) is 8.70. The number of benzene rings is 2. The molecule has 1 amide bonds. The Balaban J connectivity index is 1.49. The van der Waals surface area contributed by atoms with Crippen molar-refractivity contribution < 1.29 is 14.3 Å². The molecule has 1 atom stereocenters. The third-order valence-electron chi connectivity index (χ3n) is 6.38. The lowest BCUT2D eigenvalue weighted by molar-refractivity contribution is -0.149. The molecule has 1 fully saturated rings. The summed E-state index contributed by atoms with van der Waals surface area (Å²) in [4.78, 5) is 27.5. The standard InChI is InChI=1S/C26H30ClN3O3/c1-3-33-26(32)20-12-14-29(15-13-20)17-25(31)30-24(19-10-8-18(2)9-11-19)16-23(28-30)21-6-4-5-7-22(21)27/h4-11,20,24H,3,12-17H2,1-2H3/t24-/m1/s1. The van der Waals surface area contributed by atoms with Gasteiger partial charge in [0.2, 0.25) is 0 Å². The molecule has 4 rings (SSSR count). The molecule has 174 valence electrons. The Morgan fingerprint density at radius 3 is 2.45 bits per heavy atom. The van der Waals surface area contributed by atoms with E-state index in [1.807, 2.05) is 38.1 Å². The summed E-state index contributed by atoms with van der Waals surface area (Å²) >= 11 is 6.43. The van der Waals surface area contributed by atoms with Crippen LogP contribution in [0.2, 0.25) is 5.02 Å². The summed E-state index contributed by atoms with van der Waals surface area (Å²) in [6.07, 6.45) is 2.03. The summed E-state index contributed by atoms with van der Waals surface area (Å²) in [5, 5.41) is 7.01. The van der Waals surface area contributed by atoms with Crippen molar-refractivity contribution in [2.45, 2.75) is 39.2 Å². The quantitative estimate of drug-likeness (QED) is 0.582. The molecule has 2 aromatic carbocycles. The van der Waals surface area contributed by atoms with Gasteiger partial charge < -0.3 is 4.74 Å². The van der Waals surface area contributed by atoms with Crippen LogP contribution >= 0.6 is 11.6 Å². The van der Waals surface area contributed by atoms with Gasteiger partial charge in [-0.3, -0.25) is 14.5 Å². The van der Waals surface area contributed by atoms with Crippen LogP contribution in [0.1, 0.15) is 48.9 Å². The van der Waals surface area contributed by atoms with Gasteiger partial charge in [-0.25, -0.2) is 5.01 Å². The number of carbonyl (C=O) groups excluding carboxylic acids is 2. The highest BCUT2D eigenvalue weighted by molar-refractivity contribution is 6.34. The molecule has 0 unspecified atom stereocenters. The first-order valence-corrected chi connectivity index (χ1v) is 11.9. The van der Waals surface area contributed by atoms with Gasteiger partial charge >= 0.3 is 5.97 Å². The molecule has 0 aromatic heterocycles. The summed E-state index contributed by atoms with van der Waals surface area (Å²) in [6.45, 7) is 5.94. The number of hydrogen-bond acceptors (Lipinski definition) is 5. The molecule has 2 heterocycles. The molecule has 2 aromatic rings. The zero-order valence-corrected chi connectivity index (χ0v) is 19.9. The maximum Gasteiger partial charge on any atom is 0.309 e. The summed E-state index contributed by atoms with van der Waals surface area (Å²) in [5.74, 6) is -0.248. The van der Waals surface area contributed by atoms with Gasteiger partial charge in [-0.05, 0) is 51.4 Å². The second kappa shape index (κ2) is 10.5. The molecule has 33 heavy (non-hydrogen) atoms. The normalized spacial score (nSPS) is 19.4. The number of carbonyl (C=O) groups is 2. The van der Waals surface area contributed by atoms with Crippen LogP contribution in [-0.4, -0.2) is 53.7 Å². The summed E-state index contributed by atoms with van der Waals surface area (Å²) in [7, 11) is 0. The van der Waals surface area contributed by atoms with Crippen molar-refractivity contribution in [2.75, 3.05) is 26.2 Å². The van der Waals surface area contributed by atoms with Crippen molar-refractivity contribution in [3.63, 3.8) is 0 Å². The van der Waals surface area contributed by atoms with E-state index in [0.717, 1.165) is 16.8 Å². The number of hydrazone groups is 1. The smallest absolute Gasteiger partial charge is 0.309 e. The van der Waals surface area contributed by atoms with Gasteiger partial charge in [-0.1, -0.05) is 59.6 Å².